The van der Waals surface area contributed by atoms with Gasteiger partial charge < -0.3 is 10.0 Å². The number of benzene rings is 1. The summed E-state index contributed by atoms with van der Waals surface area (Å²) >= 11 is 13.5. The molecule has 0 unspecified atom stereocenters. The van der Waals surface area contributed by atoms with Crippen LogP contribution < -0.4 is 0 Å². The van der Waals surface area contributed by atoms with Gasteiger partial charge in [-0.1, -0.05) is 29.3 Å². The third-order valence-electron chi connectivity index (χ3n) is 2.82. The van der Waals surface area contributed by atoms with Crippen LogP contribution in [-0.2, 0) is 0 Å². The molecule has 1 N–H and O–H groups in total. The molecule has 0 bridgehead atoms. The van der Waals surface area contributed by atoms with E-state index < -0.39 is 0 Å². The minimum absolute atomic E-state index is 0.0616. The van der Waals surface area contributed by atoms with Gasteiger partial charge in [0, 0.05) is 28.2 Å². The molecule has 1 aromatic heterocycles. The first-order valence-corrected chi connectivity index (χ1v) is 7.43. The van der Waals surface area contributed by atoms with Gasteiger partial charge in [0.15, 0.2) is 0 Å². The largest absolute Gasteiger partial charge is 0.395 e. The Morgan fingerprint density at radius 2 is 2.16 bits per heavy atom. The predicted octanol–water partition coefficient (Wildman–Crippen LogP) is 3.66. The van der Waals surface area contributed by atoms with Crippen molar-refractivity contribution in [2.45, 2.75) is 6.92 Å². The Bertz CT molecular complexity index is 612. The van der Waals surface area contributed by atoms with Crippen molar-refractivity contribution in [2.75, 3.05) is 19.7 Å². The number of fused-ring (bicyclic) bond motifs is 1. The summed E-state index contributed by atoms with van der Waals surface area (Å²) in [7, 11) is 0. The van der Waals surface area contributed by atoms with Crippen LogP contribution in [0.3, 0.4) is 0 Å². The number of aliphatic hydroxyl groups excluding tert-OH is 1. The van der Waals surface area contributed by atoms with Gasteiger partial charge in [0.1, 0.15) is 4.88 Å². The minimum atomic E-state index is -0.154. The lowest BCUT2D eigenvalue weighted by Crippen LogP contribution is -2.32. The number of amides is 1. The van der Waals surface area contributed by atoms with Gasteiger partial charge in [0.25, 0.3) is 5.91 Å². The number of likely N-dealkylation sites (N-methyl/N-ethyl adjacent to an activating group) is 1. The molecule has 0 atom stereocenters. The van der Waals surface area contributed by atoms with Crippen molar-refractivity contribution in [3.8, 4) is 0 Å². The van der Waals surface area contributed by atoms with E-state index in [2.05, 4.69) is 0 Å². The Morgan fingerprint density at radius 3 is 2.79 bits per heavy atom. The van der Waals surface area contributed by atoms with E-state index in [0.717, 1.165) is 10.1 Å². The van der Waals surface area contributed by atoms with E-state index in [4.69, 9.17) is 28.3 Å². The molecule has 19 heavy (non-hydrogen) atoms. The number of carbonyl (C=O) groups excluding carboxylic acids is 1. The number of carbonyl (C=O) groups is 1. The van der Waals surface area contributed by atoms with E-state index in [1.807, 2.05) is 13.0 Å². The SMILES string of the molecule is CCN(CCO)C(=O)c1sc2cc(Cl)ccc2c1Cl. The Balaban J connectivity index is 2.44. The standard InChI is InChI=1S/C13H13Cl2NO2S/c1-2-16(5-6-17)13(18)12-11(15)9-4-3-8(14)7-10(9)19-12/h3-4,7,17H,2,5-6H2,1H3. The molecule has 0 aliphatic heterocycles. The molecule has 0 aliphatic rings. The molecule has 2 aromatic rings. The first kappa shape index (κ1) is 14.6. The monoisotopic (exact) mass is 317 g/mol. The lowest BCUT2D eigenvalue weighted by Gasteiger charge is -2.18. The lowest BCUT2D eigenvalue weighted by molar-refractivity contribution is 0.0737. The van der Waals surface area contributed by atoms with E-state index in [9.17, 15) is 4.79 Å². The van der Waals surface area contributed by atoms with Gasteiger partial charge in [-0.3, -0.25) is 4.79 Å². The average Bonchev–Trinajstić information content (AvgIpc) is 2.72. The summed E-state index contributed by atoms with van der Waals surface area (Å²) in [6, 6.07) is 5.37. The Morgan fingerprint density at radius 1 is 1.42 bits per heavy atom. The van der Waals surface area contributed by atoms with E-state index in [1.165, 1.54) is 11.3 Å². The maximum absolute atomic E-state index is 12.3. The van der Waals surface area contributed by atoms with Crippen molar-refractivity contribution < 1.29 is 9.90 Å². The highest BCUT2D eigenvalue weighted by molar-refractivity contribution is 7.21. The highest BCUT2D eigenvalue weighted by atomic mass is 35.5. The topological polar surface area (TPSA) is 40.5 Å². The van der Waals surface area contributed by atoms with Crippen LogP contribution in [0.1, 0.15) is 16.6 Å². The first-order valence-electron chi connectivity index (χ1n) is 5.86. The van der Waals surface area contributed by atoms with Gasteiger partial charge in [-0.25, -0.2) is 0 Å². The number of hydrogen-bond acceptors (Lipinski definition) is 3. The van der Waals surface area contributed by atoms with Crippen LogP contribution in [0.4, 0.5) is 0 Å². The maximum atomic E-state index is 12.3. The fourth-order valence-corrected chi connectivity index (χ4v) is 3.60. The smallest absolute Gasteiger partial charge is 0.265 e. The predicted molar refractivity (Wildman–Crippen MR) is 80.5 cm³/mol. The zero-order chi connectivity index (χ0) is 14.0. The molecule has 1 heterocycles. The van der Waals surface area contributed by atoms with E-state index >= 15 is 0 Å². The van der Waals surface area contributed by atoms with Crippen LogP contribution in [0, 0.1) is 0 Å². The van der Waals surface area contributed by atoms with Gasteiger partial charge >= 0.3 is 0 Å². The average molecular weight is 318 g/mol. The van der Waals surface area contributed by atoms with Crippen molar-refractivity contribution >= 4 is 50.5 Å². The van der Waals surface area contributed by atoms with E-state index in [-0.39, 0.29) is 12.5 Å². The fraction of sp³-hybridized carbons (Fsp3) is 0.308. The van der Waals surface area contributed by atoms with Crippen LogP contribution in [0.5, 0.6) is 0 Å². The normalized spacial score (nSPS) is 10.9. The molecule has 2 rings (SSSR count). The molecule has 0 saturated heterocycles. The van der Waals surface area contributed by atoms with Gasteiger partial charge in [-0.05, 0) is 19.1 Å². The Kier molecular flexibility index (Phi) is 4.68. The van der Waals surface area contributed by atoms with Crippen LogP contribution in [0.25, 0.3) is 10.1 Å². The van der Waals surface area contributed by atoms with Crippen LogP contribution >= 0.6 is 34.5 Å². The summed E-state index contributed by atoms with van der Waals surface area (Å²) in [5, 5.41) is 10.9. The molecular formula is C13H13Cl2NO2S. The molecule has 0 saturated carbocycles. The Hall–Kier alpha value is -0.810. The summed E-state index contributed by atoms with van der Waals surface area (Å²) in [5.74, 6) is -0.154. The summed E-state index contributed by atoms with van der Waals surface area (Å²) in [6.45, 7) is 2.64. The minimum Gasteiger partial charge on any atom is -0.395 e. The van der Waals surface area contributed by atoms with Gasteiger partial charge in [0.05, 0.1) is 11.6 Å². The highest BCUT2D eigenvalue weighted by Gasteiger charge is 2.21. The molecule has 0 fully saturated rings. The first-order chi connectivity index (χ1) is 9.08. The highest BCUT2D eigenvalue weighted by Crippen LogP contribution is 2.37. The van der Waals surface area contributed by atoms with Crippen molar-refractivity contribution in [2.24, 2.45) is 0 Å². The third kappa shape index (κ3) is 2.87. The fourth-order valence-electron chi connectivity index (χ4n) is 1.84. The summed E-state index contributed by atoms with van der Waals surface area (Å²) in [6.07, 6.45) is 0. The maximum Gasteiger partial charge on any atom is 0.265 e. The number of halogens is 2. The number of aliphatic hydroxyl groups is 1. The van der Waals surface area contributed by atoms with Gasteiger partial charge in [-0.2, -0.15) is 0 Å². The molecule has 0 aliphatic carbocycles. The summed E-state index contributed by atoms with van der Waals surface area (Å²) < 4.78 is 0.890. The zero-order valence-corrected chi connectivity index (χ0v) is 12.6. The number of nitrogens with zero attached hydrogens (tertiary/aromatic N) is 1. The number of rotatable bonds is 4. The zero-order valence-electron chi connectivity index (χ0n) is 10.3. The van der Waals surface area contributed by atoms with Gasteiger partial charge in [-0.15, -0.1) is 11.3 Å². The van der Waals surface area contributed by atoms with Crippen molar-refractivity contribution in [3.63, 3.8) is 0 Å². The molecule has 102 valence electrons. The van der Waals surface area contributed by atoms with Crippen molar-refractivity contribution in [1.29, 1.82) is 0 Å². The van der Waals surface area contributed by atoms with Crippen molar-refractivity contribution in [3.05, 3.63) is 33.1 Å². The van der Waals surface area contributed by atoms with E-state index in [0.29, 0.717) is 28.0 Å². The summed E-state index contributed by atoms with van der Waals surface area (Å²) in [5.41, 5.74) is 0. The summed E-state index contributed by atoms with van der Waals surface area (Å²) in [4.78, 5) is 14.4. The number of hydrogen-bond donors (Lipinski definition) is 1. The van der Waals surface area contributed by atoms with Crippen LogP contribution in [0.15, 0.2) is 18.2 Å². The number of thiophene rings is 1. The molecule has 0 radical (unpaired) electrons. The van der Waals surface area contributed by atoms with Crippen LogP contribution in [-0.4, -0.2) is 35.6 Å². The molecule has 1 aromatic carbocycles. The second-order valence-electron chi connectivity index (χ2n) is 3.99. The lowest BCUT2D eigenvalue weighted by atomic mass is 10.2. The Labute approximate surface area is 125 Å². The second-order valence-corrected chi connectivity index (χ2v) is 5.86. The molecule has 6 heteroatoms. The third-order valence-corrected chi connectivity index (χ3v) is 4.70. The van der Waals surface area contributed by atoms with Crippen LogP contribution in [0.2, 0.25) is 10.0 Å². The van der Waals surface area contributed by atoms with E-state index in [1.54, 1.807) is 17.0 Å². The quantitative estimate of drug-likeness (QED) is 0.934. The second kappa shape index (κ2) is 6.09. The molecule has 0 spiro atoms. The van der Waals surface area contributed by atoms with Gasteiger partial charge in [0.2, 0.25) is 0 Å². The molecular weight excluding hydrogens is 305 g/mol. The molecule has 1 amide bonds. The van der Waals surface area contributed by atoms with Crippen molar-refractivity contribution in [1.82, 2.24) is 4.90 Å². The molecule has 3 nitrogen and oxygen atoms in total.